The smallest absolute Gasteiger partial charge is 0.325 e. The minimum Gasteiger partial charge on any atom is -0.382 e. The van der Waals surface area contributed by atoms with Crippen molar-refractivity contribution in [3.63, 3.8) is 0 Å². The quantitative estimate of drug-likeness (QED) is 0.223. The number of ether oxygens (including phenoxy) is 5. The Morgan fingerprint density at radius 3 is 1.42 bits per heavy atom. The van der Waals surface area contributed by atoms with E-state index in [9.17, 15) is 4.57 Å². The maximum atomic E-state index is 10.7. The van der Waals surface area contributed by atoms with Crippen LogP contribution in [0.2, 0.25) is 0 Å². The fraction of sp³-hybridized carbons (Fsp3) is 1.00. The second-order valence-electron chi connectivity index (χ2n) is 5.95. The van der Waals surface area contributed by atoms with Gasteiger partial charge in [0, 0.05) is 19.9 Å². The molecule has 0 heterocycles. The van der Waals surface area contributed by atoms with Crippen LogP contribution in [0.5, 0.6) is 0 Å². The van der Waals surface area contributed by atoms with Gasteiger partial charge in [0.15, 0.2) is 0 Å². The van der Waals surface area contributed by atoms with Crippen LogP contribution in [-0.2, 0) is 28.2 Å². The molecule has 0 spiro atoms. The largest absolute Gasteiger partial charge is 0.382 e. The molecule has 0 aromatic rings. The minimum atomic E-state index is -3.81. The van der Waals surface area contributed by atoms with Gasteiger partial charge in [-0.2, -0.15) is 0 Å². The number of hydrogen-bond acceptors (Lipinski definition) is 6. The zero-order chi connectivity index (χ0) is 19.3. The van der Waals surface area contributed by atoms with Crippen molar-refractivity contribution in [3.05, 3.63) is 0 Å². The van der Waals surface area contributed by atoms with Crippen LogP contribution in [-0.4, -0.2) is 82.5 Å². The summed E-state index contributed by atoms with van der Waals surface area (Å²) >= 11 is 0. The first-order valence-electron chi connectivity index (χ1n) is 9.41. The molecule has 8 nitrogen and oxygen atoms in total. The molecule has 26 heavy (non-hydrogen) atoms. The lowest BCUT2D eigenvalue weighted by Gasteiger charge is -2.07. The lowest BCUT2D eigenvalue weighted by Crippen LogP contribution is -2.13. The molecular weight excluding hydrogens is 363 g/mol. The summed E-state index contributed by atoms with van der Waals surface area (Å²) in [7, 11) is -2.17. The van der Waals surface area contributed by atoms with Crippen LogP contribution in [0.3, 0.4) is 0 Å². The average molecular weight is 400 g/mol. The first-order chi connectivity index (χ1) is 12.6. The fourth-order valence-corrected chi connectivity index (χ4v) is 2.77. The van der Waals surface area contributed by atoms with Crippen LogP contribution in [0.25, 0.3) is 0 Å². The highest BCUT2D eigenvalue weighted by Crippen LogP contribution is 2.35. The molecule has 0 bridgehead atoms. The molecule has 0 radical (unpaired) electrons. The van der Waals surface area contributed by atoms with Gasteiger partial charge in [-0.05, 0) is 12.8 Å². The van der Waals surface area contributed by atoms with E-state index in [4.69, 9.17) is 33.5 Å². The molecule has 0 aliphatic rings. The standard InChI is InChI=1S/C17H37O8P/c1-21-9-10-23-13-14-25-16-15-24-12-11-22-8-6-4-2-3-5-7-17-26(18,19)20/h2-17H2,1H3,(H2,18,19,20). The predicted molar refractivity (Wildman–Crippen MR) is 99.8 cm³/mol. The van der Waals surface area contributed by atoms with E-state index in [2.05, 4.69) is 0 Å². The molecule has 0 atom stereocenters. The third kappa shape index (κ3) is 23.9. The average Bonchev–Trinajstić information content (AvgIpc) is 2.59. The lowest BCUT2D eigenvalue weighted by atomic mass is 10.1. The summed E-state index contributed by atoms with van der Waals surface area (Å²) in [6, 6.07) is 0. The summed E-state index contributed by atoms with van der Waals surface area (Å²) in [6.45, 7) is 5.29. The highest BCUT2D eigenvalue weighted by Gasteiger charge is 2.10. The summed E-state index contributed by atoms with van der Waals surface area (Å²) < 4.78 is 37.1. The van der Waals surface area contributed by atoms with E-state index in [0.29, 0.717) is 59.3 Å². The normalized spacial score (nSPS) is 12.0. The molecule has 0 unspecified atom stereocenters. The molecule has 0 amide bonds. The van der Waals surface area contributed by atoms with Crippen molar-refractivity contribution < 1.29 is 38.0 Å². The molecule has 0 saturated heterocycles. The second-order valence-corrected chi connectivity index (χ2v) is 7.73. The molecule has 0 aliphatic heterocycles. The molecule has 0 aromatic heterocycles. The Morgan fingerprint density at radius 1 is 0.577 bits per heavy atom. The van der Waals surface area contributed by atoms with Gasteiger partial charge in [0.05, 0.1) is 52.9 Å². The van der Waals surface area contributed by atoms with Crippen molar-refractivity contribution in [1.82, 2.24) is 0 Å². The molecule has 0 rings (SSSR count). The summed E-state index contributed by atoms with van der Waals surface area (Å²) in [5.74, 6) is 0. The summed E-state index contributed by atoms with van der Waals surface area (Å²) in [6.07, 6.45) is 5.66. The molecule has 0 aromatic carbocycles. The van der Waals surface area contributed by atoms with Gasteiger partial charge in [-0.25, -0.2) is 0 Å². The van der Waals surface area contributed by atoms with Gasteiger partial charge in [-0.3, -0.25) is 4.57 Å². The van der Waals surface area contributed by atoms with E-state index in [0.717, 1.165) is 38.7 Å². The van der Waals surface area contributed by atoms with Gasteiger partial charge in [-0.15, -0.1) is 0 Å². The Balaban J connectivity index is 3.02. The van der Waals surface area contributed by atoms with Crippen LogP contribution in [0.4, 0.5) is 0 Å². The highest BCUT2D eigenvalue weighted by molar-refractivity contribution is 7.51. The van der Waals surface area contributed by atoms with Crippen molar-refractivity contribution in [2.24, 2.45) is 0 Å². The van der Waals surface area contributed by atoms with Gasteiger partial charge in [-0.1, -0.05) is 25.7 Å². The van der Waals surface area contributed by atoms with Crippen molar-refractivity contribution in [1.29, 1.82) is 0 Å². The number of unbranched alkanes of at least 4 members (excludes halogenated alkanes) is 5. The van der Waals surface area contributed by atoms with Crippen LogP contribution >= 0.6 is 7.60 Å². The van der Waals surface area contributed by atoms with Gasteiger partial charge in [0.25, 0.3) is 0 Å². The monoisotopic (exact) mass is 400 g/mol. The maximum absolute atomic E-state index is 10.7. The van der Waals surface area contributed by atoms with Gasteiger partial charge in [0.2, 0.25) is 0 Å². The third-order valence-electron chi connectivity index (χ3n) is 3.54. The number of methoxy groups -OCH3 is 1. The van der Waals surface area contributed by atoms with E-state index in [1.165, 1.54) is 0 Å². The van der Waals surface area contributed by atoms with E-state index in [1.807, 2.05) is 0 Å². The Morgan fingerprint density at radius 2 is 0.962 bits per heavy atom. The molecule has 0 aliphatic carbocycles. The van der Waals surface area contributed by atoms with Gasteiger partial charge >= 0.3 is 7.60 Å². The molecule has 158 valence electrons. The Labute approximate surface area is 157 Å². The Kier molecular flexibility index (Phi) is 19.7. The van der Waals surface area contributed by atoms with Gasteiger partial charge in [0.1, 0.15) is 0 Å². The van der Waals surface area contributed by atoms with Crippen molar-refractivity contribution in [2.75, 3.05) is 72.7 Å². The summed E-state index contributed by atoms with van der Waals surface area (Å²) in [5, 5.41) is 0. The van der Waals surface area contributed by atoms with Crippen LogP contribution in [0.15, 0.2) is 0 Å². The van der Waals surface area contributed by atoms with Gasteiger partial charge < -0.3 is 33.5 Å². The minimum absolute atomic E-state index is 0.00329. The molecule has 9 heteroatoms. The van der Waals surface area contributed by atoms with E-state index < -0.39 is 7.60 Å². The predicted octanol–water partition coefficient (Wildman–Crippen LogP) is 2.22. The summed E-state index contributed by atoms with van der Waals surface area (Å²) in [5.41, 5.74) is 0. The number of hydrogen-bond donors (Lipinski definition) is 2. The second kappa shape index (κ2) is 19.7. The van der Waals surface area contributed by atoms with E-state index in [-0.39, 0.29) is 6.16 Å². The van der Waals surface area contributed by atoms with Crippen LogP contribution in [0, 0.1) is 0 Å². The van der Waals surface area contributed by atoms with Crippen LogP contribution < -0.4 is 0 Å². The molecular formula is C17H37O8P. The lowest BCUT2D eigenvalue weighted by molar-refractivity contribution is -0.00800. The van der Waals surface area contributed by atoms with Crippen molar-refractivity contribution >= 4 is 7.60 Å². The topological polar surface area (TPSA) is 104 Å². The molecule has 0 fully saturated rings. The molecule has 0 saturated carbocycles. The summed E-state index contributed by atoms with van der Waals surface area (Å²) in [4.78, 5) is 17.5. The first-order valence-corrected chi connectivity index (χ1v) is 11.2. The molecule has 2 N–H and O–H groups in total. The van der Waals surface area contributed by atoms with E-state index in [1.54, 1.807) is 7.11 Å². The number of rotatable bonds is 21. The fourth-order valence-electron chi connectivity index (χ4n) is 2.13. The maximum Gasteiger partial charge on any atom is 0.325 e. The zero-order valence-electron chi connectivity index (χ0n) is 16.1. The highest BCUT2D eigenvalue weighted by atomic mass is 31.2. The SMILES string of the molecule is COCCOCCOCCOCCOCCCCCCCCP(=O)(O)O. The zero-order valence-corrected chi connectivity index (χ0v) is 17.0. The Hall–Kier alpha value is -0.0500. The van der Waals surface area contributed by atoms with Crippen molar-refractivity contribution in [2.45, 2.75) is 38.5 Å². The Bertz CT molecular complexity index is 324. The van der Waals surface area contributed by atoms with Crippen molar-refractivity contribution in [3.8, 4) is 0 Å². The third-order valence-corrected chi connectivity index (χ3v) is 4.43. The van der Waals surface area contributed by atoms with Crippen LogP contribution in [0.1, 0.15) is 38.5 Å². The first kappa shape index (κ1) is 26.0. The van der Waals surface area contributed by atoms with E-state index >= 15 is 0 Å².